The van der Waals surface area contributed by atoms with Crippen molar-refractivity contribution >= 4 is 29.7 Å². The number of amides is 3. The zero-order chi connectivity index (χ0) is 23.9. The van der Waals surface area contributed by atoms with E-state index in [1.165, 1.54) is 6.92 Å². The van der Waals surface area contributed by atoms with E-state index in [1.54, 1.807) is 13.8 Å². The van der Waals surface area contributed by atoms with Gasteiger partial charge in [-0.1, -0.05) is 13.8 Å². The van der Waals surface area contributed by atoms with Gasteiger partial charge in [-0.05, 0) is 32.1 Å². The fourth-order valence-electron chi connectivity index (χ4n) is 3.22. The van der Waals surface area contributed by atoms with Crippen LogP contribution in [0.4, 0.5) is 0 Å². The molecule has 7 N–H and O–H groups in total. The standard InChI is InChI=1S/C19H32N4O8/c1-9(2)14(20)17(28)21-11(6-7-13(25)26)16(27)22-15(10(3)24)18(29)23-8-4-5-12(23)19(30)31/h9-12,14-15,24H,4-8,20H2,1-3H3,(H,21,28)(H,22,27)(H,25,26)(H,30,31). The number of carboxylic acids is 2. The zero-order valence-electron chi connectivity index (χ0n) is 17.9. The fourth-order valence-corrected chi connectivity index (χ4v) is 3.22. The molecule has 1 saturated heterocycles. The van der Waals surface area contributed by atoms with Crippen LogP contribution in [0.1, 0.15) is 46.5 Å². The SMILES string of the molecule is CC(C)C(N)C(=O)NC(CCC(=O)O)C(=O)NC(C(=O)N1CCCC1C(=O)O)C(C)O. The van der Waals surface area contributed by atoms with Crippen LogP contribution in [0.5, 0.6) is 0 Å². The second-order valence-corrected chi connectivity index (χ2v) is 8.02. The summed E-state index contributed by atoms with van der Waals surface area (Å²) in [6.45, 7) is 4.83. The maximum absolute atomic E-state index is 12.8. The van der Waals surface area contributed by atoms with Crippen molar-refractivity contribution in [2.75, 3.05) is 6.54 Å². The van der Waals surface area contributed by atoms with Crippen LogP contribution in [0.25, 0.3) is 0 Å². The number of nitrogens with two attached hydrogens (primary N) is 1. The first-order valence-electron chi connectivity index (χ1n) is 10.2. The van der Waals surface area contributed by atoms with E-state index in [4.69, 9.17) is 10.8 Å². The van der Waals surface area contributed by atoms with Gasteiger partial charge in [0.2, 0.25) is 17.7 Å². The summed E-state index contributed by atoms with van der Waals surface area (Å²) in [6, 6.07) is -4.76. The van der Waals surface area contributed by atoms with E-state index in [0.717, 1.165) is 4.90 Å². The Morgan fingerprint density at radius 2 is 1.68 bits per heavy atom. The predicted molar refractivity (Wildman–Crippen MR) is 108 cm³/mol. The van der Waals surface area contributed by atoms with Gasteiger partial charge in [0.05, 0.1) is 12.1 Å². The van der Waals surface area contributed by atoms with Gasteiger partial charge in [0, 0.05) is 13.0 Å². The lowest BCUT2D eigenvalue weighted by Crippen LogP contribution is -2.60. The summed E-state index contributed by atoms with van der Waals surface area (Å²) in [6.07, 6.45) is -1.34. The number of hydrogen-bond donors (Lipinski definition) is 6. The number of carbonyl (C=O) groups excluding carboxylic acids is 3. The number of nitrogens with one attached hydrogen (secondary N) is 2. The molecule has 1 heterocycles. The van der Waals surface area contributed by atoms with E-state index in [-0.39, 0.29) is 25.3 Å². The lowest BCUT2D eigenvalue weighted by atomic mass is 10.0. The number of aliphatic hydroxyl groups excluding tert-OH is 1. The third-order valence-electron chi connectivity index (χ3n) is 5.17. The smallest absolute Gasteiger partial charge is 0.326 e. The van der Waals surface area contributed by atoms with Gasteiger partial charge < -0.3 is 36.6 Å². The number of carbonyl (C=O) groups is 5. The average Bonchev–Trinajstić information content (AvgIpc) is 3.17. The molecule has 1 aliphatic heterocycles. The lowest BCUT2D eigenvalue weighted by Gasteiger charge is -2.30. The van der Waals surface area contributed by atoms with Gasteiger partial charge in [0.1, 0.15) is 18.1 Å². The van der Waals surface area contributed by atoms with E-state index in [9.17, 15) is 34.2 Å². The number of nitrogens with zero attached hydrogens (tertiary/aromatic N) is 1. The Hall–Kier alpha value is -2.73. The Kier molecular flexibility index (Phi) is 9.85. The quantitative estimate of drug-likeness (QED) is 0.214. The maximum atomic E-state index is 12.8. The Morgan fingerprint density at radius 1 is 1.06 bits per heavy atom. The molecular formula is C19H32N4O8. The fraction of sp³-hybridized carbons (Fsp3) is 0.737. The highest BCUT2D eigenvalue weighted by Crippen LogP contribution is 2.19. The summed E-state index contributed by atoms with van der Waals surface area (Å²) in [5.74, 6) is -4.92. The van der Waals surface area contributed by atoms with Crippen LogP contribution in [0.3, 0.4) is 0 Å². The molecule has 0 spiro atoms. The Morgan fingerprint density at radius 3 is 2.16 bits per heavy atom. The summed E-state index contributed by atoms with van der Waals surface area (Å²) in [5, 5.41) is 33.0. The van der Waals surface area contributed by atoms with Gasteiger partial charge in [0.15, 0.2) is 0 Å². The minimum atomic E-state index is -1.46. The summed E-state index contributed by atoms with van der Waals surface area (Å²) in [5.41, 5.74) is 5.77. The molecular weight excluding hydrogens is 412 g/mol. The van der Waals surface area contributed by atoms with Crippen molar-refractivity contribution in [2.45, 2.75) is 76.7 Å². The van der Waals surface area contributed by atoms with Gasteiger partial charge in [-0.15, -0.1) is 0 Å². The highest BCUT2D eigenvalue weighted by molar-refractivity contribution is 5.94. The first kappa shape index (κ1) is 26.3. The van der Waals surface area contributed by atoms with Crippen molar-refractivity contribution in [3.8, 4) is 0 Å². The zero-order valence-corrected chi connectivity index (χ0v) is 17.9. The van der Waals surface area contributed by atoms with Gasteiger partial charge in [-0.25, -0.2) is 4.79 Å². The van der Waals surface area contributed by atoms with Crippen LogP contribution in [0.2, 0.25) is 0 Å². The van der Waals surface area contributed by atoms with E-state index >= 15 is 0 Å². The largest absolute Gasteiger partial charge is 0.481 e. The van der Waals surface area contributed by atoms with Crippen LogP contribution in [-0.2, 0) is 24.0 Å². The molecule has 12 nitrogen and oxygen atoms in total. The highest BCUT2D eigenvalue weighted by Gasteiger charge is 2.40. The summed E-state index contributed by atoms with van der Waals surface area (Å²) in [7, 11) is 0. The van der Waals surface area contributed by atoms with Crippen LogP contribution < -0.4 is 16.4 Å². The topological polar surface area (TPSA) is 199 Å². The van der Waals surface area contributed by atoms with Crippen LogP contribution in [-0.4, -0.2) is 86.7 Å². The van der Waals surface area contributed by atoms with Gasteiger partial charge in [0.25, 0.3) is 0 Å². The molecule has 1 rings (SSSR count). The second kappa shape index (κ2) is 11.6. The molecule has 0 bridgehead atoms. The number of likely N-dealkylation sites (tertiary alicyclic amines) is 1. The van der Waals surface area contributed by atoms with Gasteiger partial charge in [-0.3, -0.25) is 19.2 Å². The summed E-state index contributed by atoms with van der Waals surface area (Å²) >= 11 is 0. The molecule has 1 aliphatic rings. The lowest BCUT2D eigenvalue weighted by molar-refractivity contribution is -0.150. The molecule has 0 aliphatic carbocycles. The maximum Gasteiger partial charge on any atom is 0.326 e. The number of rotatable bonds is 11. The molecule has 0 radical (unpaired) electrons. The molecule has 5 atom stereocenters. The normalized spacial score (nSPS) is 19.9. The molecule has 0 saturated carbocycles. The second-order valence-electron chi connectivity index (χ2n) is 8.02. The Balaban J connectivity index is 2.99. The first-order chi connectivity index (χ1) is 14.4. The monoisotopic (exact) mass is 444 g/mol. The first-order valence-corrected chi connectivity index (χ1v) is 10.2. The van der Waals surface area contributed by atoms with Crippen LogP contribution >= 0.6 is 0 Å². The molecule has 176 valence electrons. The number of aliphatic carboxylic acids is 2. The third-order valence-corrected chi connectivity index (χ3v) is 5.17. The van der Waals surface area contributed by atoms with E-state index < -0.39 is 66.4 Å². The molecule has 0 aromatic carbocycles. The molecule has 31 heavy (non-hydrogen) atoms. The van der Waals surface area contributed by atoms with Crippen molar-refractivity contribution in [3.05, 3.63) is 0 Å². The highest BCUT2D eigenvalue weighted by atomic mass is 16.4. The Bertz CT molecular complexity index is 696. The number of aliphatic hydroxyl groups is 1. The third kappa shape index (κ3) is 7.47. The number of carboxylic acid groups (broad SMARTS) is 2. The Labute approximate surface area is 180 Å². The van der Waals surface area contributed by atoms with Crippen molar-refractivity contribution in [1.82, 2.24) is 15.5 Å². The summed E-state index contributed by atoms with van der Waals surface area (Å²) in [4.78, 5) is 61.3. The van der Waals surface area contributed by atoms with Gasteiger partial charge >= 0.3 is 11.9 Å². The molecule has 0 aromatic rings. The molecule has 0 aromatic heterocycles. The molecule has 12 heteroatoms. The van der Waals surface area contributed by atoms with E-state index in [0.29, 0.717) is 6.42 Å². The minimum absolute atomic E-state index is 0.164. The van der Waals surface area contributed by atoms with E-state index in [2.05, 4.69) is 10.6 Å². The molecule has 3 amide bonds. The van der Waals surface area contributed by atoms with Gasteiger partial charge in [-0.2, -0.15) is 0 Å². The van der Waals surface area contributed by atoms with E-state index in [1.807, 2.05) is 0 Å². The van der Waals surface area contributed by atoms with Crippen molar-refractivity contribution < 1.29 is 39.3 Å². The minimum Gasteiger partial charge on any atom is -0.481 e. The average molecular weight is 444 g/mol. The van der Waals surface area contributed by atoms with Crippen molar-refractivity contribution in [1.29, 1.82) is 0 Å². The van der Waals surface area contributed by atoms with Crippen LogP contribution in [0, 0.1) is 5.92 Å². The molecule has 5 unspecified atom stereocenters. The summed E-state index contributed by atoms with van der Waals surface area (Å²) < 4.78 is 0. The predicted octanol–water partition coefficient (Wildman–Crippen LogP) is -1.74. The molecule has 1 fully saturated rings. The van der Waals surface area contributed by atoms with Crippen molar-refractivity contribution in [3.63, 3.8) is 0 Å². The van der Waals surface area contributed by atoms with Crippen molar-refractivity contribution in [2.24, 2.45) is 11.7 Å². The van der Waals surface area contributed by atoms with Crippen LogP contribution in [0.15, 0.2) is 0 Å². The number of hydrogen-bond acceptors (Lipinski definition) is 7.